The number of allylic oxidation sites excluding steroid dienone is 2. The summed E-state index contributed by atoms with van der Waals surface area (Å²) in [6.45, 7) is 3.29. The summed E-state index contributed by atoms with van der Waals surface area (Å²) in [5, 5.41) is 14.4. The maximum atomic E-state index is 12.3. The molecule has 0 saturated heterocycles. The molecule has 0 unspecified atom stereocenters. The van der Waals surface area contributed by atoms with Gasteiger partial charge in [0.1, 0.15) is 0 Å². The molecule has 0 radical (unpaired) electrons. The fraction of sp³-hybridized carbons (Fsp3) is 0.217. The molecule has 0 amide bonds. The maximum absolute atomic E-state index is 12.3. The number of carbonyl (C=O) groups is 2. The van der Waals surface area contributed by atoms with Crippen molar-refractivity contribution in [1.29, 1.82) is 0 Å². The molecule has 0 atom stereocenters. The van der Waals surface area contributed by atoms with E-state index in [0.29, 0.717) is 11.4 Å². The number of nitrogens with zero attached hydrogens (tertiary/aromatic N) is 1. The third-order valence-corrected chi connectivity index (χ3v) is 5.92. The van der Waals surface area contributed by atoms with Crippen LogP contribution in [0.25, 0.3) is 0 Å². The molecular weight excluding hydrogens is 480 g/mol. The summed E-state index contributed by atoms with van der Waals surface area (Å²) < 4.78 is 38.9. The van der Waals surface area contributed by atoms with Crippen LogP contribution in [0.4, 0.5) is 5.69 Å². The molecule has 0 aliphatic carbocycles. The Morgan fingerprint density at radius 1 is 0.914 bits per heavy atom. The molecule has 12 heteroatoms. The van der Waals surface area contributed by atoms with Crippen LogP contribution < -0.4 is 5.32 Å². The van der Waals surface area contributed by atoms with Gasteiger partial charge in [0.25, 0.3) is 15.8 Å². The van der Waals surface area contributed by atoms with Gasteiger partial charge in [0.15, 0.2) is 0 Å². The van der Waals surface area contributed by atoms with Crippen LogP contribution in [-0.2, 0) is 29.2 Å². The zero-order chi connectivity index (χ0) is 26.3. The molecule has 0 fully saturated rings. The molecule has 2 aromatic carbocycles. The van der Waals surface area contributed by atoms with Crippen molar-refractivity contribution in [3.8, 4) is 0 Å². The van der Waals surface area contributed by atoms with Crippen LogP contribution in [0.1, 0.15) is 25.3 Å². The number of esters is 2. The van der Waals surface area contributed by atoms with Gasteiger partial charge in [-0.05, 0) is 26.0 Å². The lowest BCUT2D eigenvalue weighted by molar-refractivity contribution is -0.385. The van der Waals surface area contributed by atoms with E-state index in [2.05, 4.69) is 5.32 Å². The number of hydrogen-bond donors (Lipinski definition) is 2. The van der Waals surface area contributed by atoms with E-state index in [4.69, 9.17) is 14.0 Å². The molecule has 1 aliphatic heterocycles. The Morgan fingerprint density at radius 2 is 1.37 bits per heavy atom. The molecule has 2 aromatic rings. The van der Waals surface area contributed by atoms with Crippen molar-refractivity contribution in [1.82, 2.24) is 5.32 Å². The summed E-state index contributed by atoms with van der Waals surface area (Å²) in [5.74, 6) is -2.33. The van der Waals surface area contributed by atoms with Gasteiger partial charge in [-0.25, -0.2) is 9.59 Å². The number of nitrogens with one attached hydrogen (secondary N) is 1. The fourth-order valence-corrected chi connectivity index (χ4v) is 4.06. The predicted octanol–water partition coefficient (Wildman–Crippen LogP) is 3.11. The zero-order valence-corrected chi connectivity index (χ0v) is 20.2. The molecule has 0 bridgehead atoms. The number of nitro benzene ring substituents is 1. The smallest absolute Gasteiger partial charge is 0.336 e. The zero-order valence-electron chi connectivity index (χ0n) is 19.3. The van der Waals surface area contributed by atoms with Gasteiger partial charge in [-0.2, -0.15) is 8.42 Å². The van der Waals surface area contributed by atoms with Crippen molar-refractivity contribution in [2.45, 2.75) is 24.7 Å². The van der Waals surface area contributed by atoms with E-state index in [0.717, 1.165) is 0 Å². The number of nitro groups is 1. The van der Waals surface area contributed by atoms with Gasteiger partial charge in [-0.1, -0.05) is 36.4 Å². The standard InChI is InChI=1S/C17H18N2O6.C6H6O3S/c1-9-13(16(20)24-3)15(14(10(2)18-9)17(21)25-4)11-7-5-6-8-12(11)19(22)23;7-10(8,9)6-4-2-1-3-5-6/h5-8,15,18H,1-4H3;1-5H,(H,7,8,9). The lowest BCUT2D eigenvalue weighted by atomic mass is 9.79. The third kappa shape index (κ3) is 6.31. The first kappa shape index (κ1) is 27.2. The highest BCUT2D eigenvalue weighted by Gasteiger charge is 2.40. The van der Waals surface area contributed by atoms with Crippen molar-refractivity contribution >= 4 is 27.7 Å². The van der Waals surface area contributed by atoms with Gasteiger partial charge in [0, 0.05) is 23.0 Å². The number of methoxy groups -OCH3 is 2. The van der Waals surface area contributed by atoms with Crippen LogP contribution in [0.3, 0.4) is 0 Å². The molecule has 0 aromatic heterocycles. The molecule has 0 saturated carbocycles. The van der Waals surface area contributed by atoms with Gasteiger partial charge in [-0.3, -0.25) is 14.7 Å². The Bertz CT molecular complexity index is 1260. The average Bonchev–Trinajstić information content (AvgIpc) is 2.83. The van der Waals surface area contributed by atoms with E-state index in [-0.39, 0.29) is 27.3 Å². The summed E-state index contributed by atoms with van der Waals surface area (Å²) in [6.07, 6.45) is 0. The van der Waals surface area contributed by atoms with Crippen molar-refractivity contribution in [2.75, 3.05) is 14.2 Å². The SMILES string of the molecule is COC(=O)C1=C(C)NC(C)=C(C(=O)OC)C1c1ccccc1[N+](=O)[O-].O=S(=O)(O)c1ccccc1. The molecule has 1 aliphatic rings. The number of dihydropyridines is 1. The van der Waals surface area contributed by atoms with Crippen molar-refractivity contribution in [3.63, 3.8) is 0 Å². The van der Waals surface area contributed by atoms with E-state index in [1.165, 1.54) is 44.6 Å². The maximum Gasteiger partial charge on any atom is 0.336 e. The van der Waals surface area contributed by atoms with E-state index >= 15 is 0 Å². The van der Waals surface area contributed by atoms with Gasteiger partial charge >= 0.3 is 11.9 Å². The van der Waals surface area contributed by atoms with Crippen LogP contribution >= 0.6 is 0 Å². The van der Waals surface area contributed by atoms with Crippen LogP contribution in [0.2, 0.25) is 0 Å². The normalized spacial score (nSPS) is 13.9. The minimum Gasteiger partial charge on any atom is -0.466 e. The van der Waals surface area contributed by atoms with Gasteiger partial charge in [-0.15, -0.1) is 0 Å². The molecule has 1 heterocycles. The number of para-hydroxylation sites is 1. The van der Waals surface area contributed by atoms with Crippen LogP contribution in [0, 0.1) is 10.1 Å². The van der Waals surface area contributed by atoms with E-state index < -0.39 is 32.9 Å². The molecule has 2 N–H and O–H groups in total. The summed E-state index contributed by atoms with van der Waals surface area (Å²) in [7, 11) is -1.58. The second-order valence-corrected chi connectivity index (χ2v) is 8.64. The molecule has 3 rings (SSSR count). The van der Waals surface area contributed by atoms with E-state index in [1.54, 1.807) is 38.1 Å². The van der Waals surface area contributed by atoms with Crippen molar-refractivity contribution < 1.29 is 37.0 Å². The van der Waals surface area contributed by atoms with Crippen molar-refractivity contribution in [3.05, 3.63) is 92.8 Å². The molecule has 11 nitrogen and oxygen atoms in total. The minimum atomic E-state index is -4.00. The number of benzene rings is 2. The third-order valence-electron chi connectivity index (χ3n) is 5.06. The summed E-state index contributed by atoms with van der Waals surface area (Å²) in [5.41, 5.74) is 1.19. The van der Waals surface area contributed by atoms with E-state index in [9.17, 15) is 28.1 Å². The lowest BCUT2D eigenvalue weighted by Crippen LogP contribution is -2.32. The second-order valence-electron chi connectivity index (χ2n) is 7.22. The molecule has 0 spiro atoms. The Balaban J connectivity index is 0.000000360. The predicted molar refractivity (Wildman–Crippen MR) is 125 cm³/mol. The van der Waals surface area contributed by atoms with Gasteiger partial charge in [0.05, 0.1) is 41.1 Å². The summed E-state index contributed by atoms with van der Waals surface area (Å²) >= 11 is 0. The number of hydrogen-bond acceptors (Lipinski definition) is 9. The van der Waals surface area contributed by atoms with Crippen LogP contribution in [-0.4, -0.2) is 44.1 Å². The Hall–Kier alpha value is -4.03. The average molecular weight is 505 g/mol. The first-order chi connectivity index (χ1) is 16.4. The van der Waals surface area contributed by atoms with Crippen LogP contribution in [0.5, 0.6) is 0 Å². The highest BCUT2D eigenvalue weighted by molar-refractivity contribution is 7.85. The first-order valence-electron chi connectivity index (χ1n) is 10.0. The Labute approximate surface area is 202 Å². The lowest BCUT2D eigenvalue weighted by Gasteiger charge is -2.29. The topological polar surface area (TPSA) is 162 Å². The minimum absolute atomic E-state index is 0.0741. The van der Waals surface area contributed by atoms with Crippen molar-refractivity contribution in [2.24, 2.45) is 0 Å². The highest BCUT2D eigenvalue weighted by Crippen LogP contribution is 2.42. The molecule has 35 heavy (non-hydrogen) atoms. The summed E-state index contributed by atoms with van der Waals surface area (Å²) in [6, 6.07) is 13.4. The number of ether oxygens (including phenoxy) is 2. The largest absolute Gasteiger partial charge is 0.466 e. The Morgan fingerprint density at radius 3 is 1.77 bits per heavy atom. The molecular formula is C23H24N2O9S. The highest BCUT2D eigenvalue weighted by atomic mass is 32.2. The fourth-order valence-electron chi connectivity index (χ4n) is 3.56. The van der Waals surface area contributed by atoms with E-state index in [1.807, 2.05) is 0 Å². The monoisotopic (exact) mass is 504 g/mol. The van der Waals surface area contributed by atoms with Gasteiger partial charge in [0.2, 0.25) is 0 Å². The number of rotatable bonds is 5. The first-order valence-corrected chi connectivity index (χ1v) is 11.5. The van der Waals surface area contributed by atoms with Crippen LogP contribution in [0.15, 0.2) is 82.0 Å². The summed E-state index contributed by atoms with van der Waals surface area (Å²) in [4.78, 5) is 35.5. The quantitative estimate of drug-likeness (QED) is 0.268. The van der Waals surface area contributed by atoms with Gasteiger partial charge < -0.3 is 14.8 Å². The number of carbonyl (C=O) groups excluding carboxylic acids is 2. The Kier molecular flexibility index (Phi) is 8.87. The second kappa shape index (κ2) is 11.4. The molecule has 186 valence electrons.